The van der Waals surface area contributed by atoms with Crippen molar-refractivity contribution >= 4 is 39.9 Å². The zero-order valence-electron chi connectivity index (χ0n) is 27.5. The van der Waals surface area contributed by atoms with Gasteiger partial charge in [-0.1, -0.05) is 30.3 Å². The maximum absolute atomic E-state index is 12.6. The average molecular weight is 647 g/mol. The largest absolute Gasteiger partial charge is 0.493 e. The molecule has 1 fully saturated rings. The number of hydrogen-bond acceptors (Lipinski definition) is 9. The maximum atomic E-state index is 12.6. The lowest BCUT2D eigenvalue weighted by molar-refractivity contribution is 0.235. The molecule has 0 bridgehead atoms. The molecule has 0 atom stereocenters. The first-order valence-corrected chi connectivity index (χ1v) is 16.4. The number of nitrogens with zero attached hydrogens (tertiary/aromatic N) is 5. The highest BCUT2D eigenvalue weighted by molar-refractivity contribution is 5.99. The quantitative estimate of drug-likeness (QED) is 0.122. The molecular weight excluding hydrogens is 604 g/mol. The number of aromatic nitrogens is 3. The summed E-state index contributed by atoms with van der Waals surface area (Å²) in [6.45, 7) is 8.18. The zero-order valence-corrected chi connectivity index (χ0v) is 27.5. The van der Waals surface area contributed by atoms with Crippen LogP contribution in [0.2, 0.25) is 0 Å². The van der Waals surface area contributed by atoms with E-state index in [2.05, 4.69) is 46.8 Å². The molecule has 0 radical (unpaired) electrons. The van der Waals surface area contributed by atoms with Gasteiger partial charge in [0.2, 0.25) is 0 Å². The van der Waals surface area contributed by atoms with Gasteiger partial charge in [-0.05, 0) is 79.9 Å². The van der Waals surface area contributed by atoms with Crippen molar-refractivity contribution in [2.75, 3.05) is 67.3 Å². The highest BCUT2D eigenvalue weighted by Gasteiger charge is 2.17. The number of nitrogens with one attached hydrogen (secondary N) is 3. The van der Waals surface area contributed by atoms with Gasteiger partial charge in [0.1, 0.15) is 18.0 Å². The van der Waals surface area contributed by atoms with Gasteiger partial charge in [0.25, 0.3) is 0 Å². The molecular formula is C37H42N8O3. The molecule has 6 rings (SSSR count). The number of unbranched alkanes of at least 4 members (excludes halogenated alkanes) is 1. The van der Waals surface area contributed by atoms with E-state index in [1.165, 1.54) is 6.33 Å². The summed E-state index contributed by atoms with van der Waals surface area (Å²) in [7, 11) is 1.64. The topological polar surface area (TPSA) is 117 Å². The third-order valence-electron chi connectivity index (χ3n) is 8.31. The van der Waals surface area contributed by atoms with E-state index in [0.29, 0.717) is 36.2 Å². The van der Waals surface area contributed by atoms with Crippen molar-refractivity contribution < 1.29 is 14.3 Å². The Morgan fingerprint density at radius 3 is 2.42 bits per heavy atom. The molecule has 0 unspecified atom stereocenters. The lowest BCUT2D eigenvalue weighted by atomic mass is 10.1. The number of anilines is 4. The molecule has 2 aromatic heterocycles. The first-order chi connectivity index (χ1) is 23.5. The number of pyridine rings is 1. The minimum atomic E-state index is -0.298. The van der Waals surface area contributed by atoms with Crippen molar-refractivity contribution in [3.05, 3.63) is 103 Å². The van der Waals surface area contributed by atoms with Crippen molar-refractivity contribution in [3.63, 3.8) is 0 Å². The molecule has 2 amide bonds. The first kappa shape index (κ1) is 32.5. The summed E-state index contributed by atoms with van der Waals surface area (Å²) in [6.07, 6.45) is 5.38. The van der Waals surface area contributed by atoms with Gasteiger partial charge in [0.05, 0.1) is 19.2 Å². The molecule has 3 aromatic carbocycles. The predicted molar refractivity (Wildman–Crippen MR) is 191 cm³/mol. The number of urea groups is 1. The number of fused-ring (bicyclic) bond motifs is 1. The van der Waals surface area contributed by atoms with E-state index >= 15 is 0 Å². The SMILES string of the molecule is COc1cc2ncnc(NCc3cccc(NC(=O)Nc4cccc(C)c4)c3)c2cc1OCCCCN1CCN(c2ccccn2)CC1. The number of methoxy groups -OCH3 is 1. The number of rotatable bonds is 13. The number of carbonyl (C=O) groups is 1. The van der Waals surface area contributed by atoms with Gasteiger partial charge in [-0.2, -0.15) is 0 Å². The molecule has 3 heterocycles. The third-order valence-corrected chi connectivity index (χ3v) is 8.31. The van der Waals surface area contributed by atoms with Crippen molar-refractivity contribution in [2.45, 2.75) is 26.3 Å². The zero-order chi connectivity index (χ0) is 33.1. The van der Waals surface area contributed by atoms with Crippen LogP contribution in [0.3, 0.4) is 0 Å². The maximum Gasteiger partial charge on any atom is 0.323 e. The van der Waals surface area contributed by atoms with Crippen LogP contribution in [-0.4, -0.2) is 72.3 Å². The second kappa shape index (κ2) is 15.9. The van der Waals surface area contributed by atoms with Gasteiger partial charge in [-0.15, -0.1) is 0 Å². The van der Waals surface area contributed by atoms with E-state index in [-0.39, 0.29) is 6.03 Å². The number of benzene rings is 3. The highest BCUT2D eigenvalue weighted by atomic mass is 16.5. The Kier molecular flexibility index (Phi) is 10.8. The number of aryl methyl sites for hydroxylation is 1. The second-order valence-electron chi connectivity index (χ2n) is 11.8. The summed E-state index contributed by atoms with van der Waals surface area (Å²) in [5.74, 6) is 3.05. The first-order valence-electron chi connectivity index (χ1n) is 16.4. The number of carbonyl (C=O) groups excluding carboxylic acids is 1. The number of ether oxygens (including phenoxy) is 2. The van der Waals surface area contributed by atoms with E-state index in [1.54, 1.807) is 7.11 Å². The fraction of sp³-hybridized carbons (Fsp3) is 0.297. The van der Waals surface area contributed by atoms with Crippen LogP contribution in [0.4, 0.5) is 27.8 Å². The summed E-state index contributed by atoms with van der Waals surface area (Å²) >= 11 is 0. The minimum Gasteiger partial charge on any atom is -0.493 e. The molecule has 0 saturated carbocycles. The van der Waals surface area contributed by atoms with Crippen LogP contribution in [0, 0.1) is 6.92 Å². The predicted octanol–water partition coefficient (Wildman–Crippen LogP) is 6.58. The lowest BCUT2D eigenvalue weighted by Crippen LogP contribution is -2.46. The number of hydrogen-bond donors (Lipinski definition) is 3. The van der Waals surface area contributed by atoms with E-state index in [9.17, 15) is 4.79 Å². The van der Waals surface area contributed by atoms with Gasteiger partial charge in [-0.25, -0.2) is 19.7 Å². The second-order valence-corrected chi connectivity index (χ2v) is 11.8. The van der Waals surface area contributed by atoms with E-state index < -0.39 is 0 Å². The van der Waals surface area contributed by atoms with Crippen LogP contribution in [0.15, 0.2) is 91.4 Å². The van der Waals surface area contributed by atoms with Crippen LogP contribution in [-0.2, 0) is 6.54 Å². The van der Waals surface area contributed by atoms with Crippen molar-refractivity contribution in [1.82, 2.24) is 19.9 Å². The molecule has 0 aliphatic carbocycles. The van der Waals surface area contributed by atoms with Gasteiger partial charge in [-0.3, -0.25) is 4.90 Å². The summed E-state index contributed by atoms with van der Waals surface area (Å²) in [5, 5.41) is 10.1. The van der Waals surface area contributed by atoms with Crippen LogP contribution in [0.5, 0.6) is 11.5 Å². The van der Waals surface area contributed by atoms with E-state index in [0.717, 1.165) is 79.1 Å². The number of piperazine rings is 1. The van der Waals surface area contributed by atoms with Crippen molar-refractivity contribution in [1.29, 1.82) is 0 Å². The van der Waals surface area contributed by atoms with Crippen LogP contribution in [0.25, 0.3) is 10.9 Å². The fourth-order valence-corrected chi connectivity index (χ4v) is 5.80. The summed E-state index contributed by atoms with van der Waals surface area (Å²) in [5.41, 5.74) is 4.25. The Hall–Kier alpha value is -5.42. The molecule has 1 saturated heterocycles. The molecule has 1 aliphatic rings. The van der Waals surface area contributed by atoms with Crippen molar-refractivity contribution in [2.24, 2.45) is 0 Å². The Bertz CT molecular complexity index is 1810. The standard InChI is InChI=1S/C37H42N8O3/c1-27-9-7-11-29(21-27)42-37(46)43-30-12-8-10-28(22-30)25-39-36-31-23-34(33(47-2)24-32(31)40-26-41-36)48-20-6-5-15-44-16-18-45(19-17-44)35-13-3-4-14-38-35/h3-4,7-14,21-24,26H,5-6,15-20,25H2,1-2H3,(H,39,40,41)(H2,42,43,46). The fourth-order valence-electron chi connectivity index (χ4n) is 5.80. The Balaban J connectivity index is 1.01. The minimum absolute atomic E-state index is 0.298. The molecule has 1 aliphatic heterocycles. The highest BCUT2D eigenvalue weighted by Crippen LogP contribution is 2.34. The monoisotopic (exact) mass is 646 g/mol. The summed E-state index contributed by atoms with van der Waals surface area (Å²) in [6, 6.07) is 25.0. The average Bonchev–Trinajstić information content (AvgIpc) is 3.11. The molecule has 248 valence electrons. The third kappa shape index (κ3) is 8.68. The summed E-state index contributed by atoms with van der Waals surface area (Å²) in [4.78, 5) is 30.9. The van der Waals surface area contributed by atoms with Crippen LogP contribution >= 0.6 is 0 Å². The molecule has 48 heavy (non-hydrogen) atoms. The van der Waals surface area contributed by atoms with E-state index in [1.807, 2.05) is 85.9 Å². The van der Waals surface area contributed by atoms with E-state index in [4.69, 9.17) is 9.47 Å². The molecule has 3 N–H and O–H groups in total. The normalized spacial score (nSPS) is 13.2. The molecule has 11 heteroatoms. The lowest BCUT2D eigenvalue weighted by Gasteiger charge is -2.35. The van der Waals surface area contributed by atoms with Crippen LogP contribution < -0.4 is 30.3 Å². The van der Waals surface area contributed by atoms with Gasteiger partial charge >= 0.3 is 6.03 Å². The smallest absolute Gasteiger partial charge is 0.323 e. The van der Waals surface area contributed by atoms with Crippen molar-refractivity contribution in [3.8, 4) is 11.5 Å². The number of amides is 2. The Morgan fingerprint density at radius 2 is 1.65 bits per heavy atom. The Labute approximate surface area is 281 Å². The van der Waals surface area contributed by atoms with Gasteiger partial charge < -0.3 is 30.3 Å². The molecule has 11 nitrogen and oxygen atoms in total. The molecule has 5 aromatic rings. The van der Waals surface area contributed by atoms with Gasteiger partial charge in [0.15, 0.2) is 11.5 Å². The van der Waals surface area contributed by atoms with Gasteiger partial charge in [0, 0.05) is 61.7 Å². The Morgan fingerprint density at radius 1 is 0.833 bits per heavy atom. The molecule has 0 spiro atoms. The summed E-state index contributed by atoms with van der Waals surface area (Å²) < 4.78 is 11.9. The van der Waals surface area contributed by atoms with Crippen LogP contribution in [0.1, 0.15) is 24.0 Å².